The molecule has 2 heterocycles. The van der Waals surface area contributed by atoms with E-state index in [2.05, 4.69) is 4.98 Å². The monoisotopic (exact) mass is 248 g/mol. The second-order valence-corrected chi connectivity index (χ2v) is 5.61. The minimum Gasteiger partial charge on any atom is -0.444 e. The van der Waals surface area contributed by atoms with Gasteiger partial charge in [-0.1, -0.05) is 0 Å². The number of amides is 1. The molecular formula is C14H20N2O2. The van der Waals surface area contributed by atoms with Gasteiger partial charge >= 0.3 is 6.09 Å². The average Bonchev–Trinajstić information content (AvgIpc) is 2.49. The molecule has 0 N–H and O–H groups in total. The summed E-state index contributed by atoms with van der Waals surface area (Å²) in [7, 11) is 0. The number of nitrogens with zero attached hydrogens (tertiary/aromatic N) is 2. The topological polar surface area (TPSA) is 42.4 Å². The smallest absolute Gasteiger partial charge is 0.410 e. The van der Waals surface area contributed by atoms with Gasteiger partial charge in [0.2, 0.25) is 0 Å². The molecule has 0 bridgehead atoms. The summed E-state index contributed by atoms with van der Waals surface area (Å²) in [5, 5.41) is 0. The maximum Gasteiger partial charge on any atom is 0.410 e. The summed E-state index contributed by atoms with van der Waals surface area (Å²) in [6.07, 6.45) is 5.21. The molecule has 0 unspecified atom stereocenters. The molecule has 0 radical (unpaired) electrons. The Morgan fingerprint density at radius 3 is 2.61 bits per heavy atom. The van der Waals surface area contributed by atoms with Crippen LogP contribution in [0, 0.1) is 0 Å². The van der Waals surface area contributed by atoms with Crippen molar-refractivity contribution in [1.29, 1.82) is 0 Å². The van der Waals surface area contributed by atoms with E-state index in [0.717, 1.165) is 12.8 Å². The number of aromatic nitrogens is 1. The van der Waals surface area contributed by atoms with Crippen LogP contribution >= 0.6 is 0 Å². The molecule has 1 aliphatic rings. The molecular weight excluding hydrogens is 228 g/mol. The van der Waals surface area contributed by atoms with E-state index in [0.29, 0.717) is 13.1 Å². The highest BCUT2D eigenvalue weighted by molar-refractivity contribution is 5.68. The number of hydrogen-bond acceptors (Lipinski definition) is 3. The van der Waals surface area contributed by atoms with E-state index in [4.69, 9.17) is 4.74 Å². The predicted molar refractivity (Wildman–Crippen MR) is 69.5 cm³/mol. The van der Waals surface area contributed by atoms with E-state index >= 15 is 0 Å². The van der Waals surface area contributed by atoms with Gasteiger partial charge in [-0.05, 0) is 50.8 Å². The third-order valence-corrected chi connectivity index (χ3v) is 2.96. The van der Waals surface area contributed by atoms with Gasteiger partial charge < -0.3 is 9.64 Å². The number of carbonyl (C=O) groups is 1. The zero-order valence-electron chi connectivity index (χ0n) is 11.3. The maximum atomic E-state index is 12.0. The molecule has 1 amide bonds. The number of ether oxygens (including phenoxy) is 1. The lowest BCUT2D eigenvalue weighted by Gasteiger charge is -2.26. The van der Waals surface area contributed by atoms with E-state index in [-0.39, 0.29) is 6.09 Å². The fraction of sp³-hybridized carbons (Fsp3) is 0.571. The molecule has 4 heteroatoms. The Labute approximate surface area is 108 Å². The van der Waals surface area contributed by atoms with Crippen LogP contribution in [0.5, 0.6) is 0 Å². The summed E-state index contributed by atoms with van der Waals surface area (Å²) in [5.41, 5.74) is 2.09. The van der Waals surface area contributed by atoms with Gasteiger partial charge in [-0.15, -0.1) is 0 Å². The van der Waals surface area contributed by atoms with Gasteiger partial charge in [0.15, 0.2) is 0 Å². The van der Waals surface area contributed by atoms with Crippen molar-refractivity contribution in [2.45, 2.75) is 39.2 Å². The molecule has 18 heavy (non-hydrogen) atoms. The van der Waals surface area contributed by atoms with Crippen LogP contribution in [-0.4, -0.2) is 34.7 Å². The Morgan fingerprint density at radius 1 is 1.28 bits per heavy atom. The maximum absolute atomic E-state index is 12.0. The highest BCUT2D eigenvalue weighted by Crippen LogP contribution is 2.16. The van der Waals surface area contributed by atoms with E-state index in [1.54, 1.807) is 4.90 Å². The summed E-state index contributed by atoms with van der Waals surface area (Å²) in [5.74, 6) is 0. The molecule has 0 fully saturated rings. The number of carbonyl (C=O) groups excluding carboxylic acids is 1. The number of hydrogen-bond donors (Lipinski definition) is 0. The largest absolute Gasteiger partial charge is 0.444 e. The number of fused-ring (bicyclic) bond motifs is 1. The van der Waals surface area contributed by atoms with Gasteiger partial charge in [-0.2, -0.15) is 0 Å². The highest BCUT2D eigenvalue weighted by atomic mass is 16.6. The van der Waals surface area contributed by atoms with Crippen molar-refractivity contribution in [1.82, 2.24) is 9.88 Å². The molecule has 1 aromatic rings. The molecule has 0 aromatic carbocycles. The Bertz CT molecular complexity index is 411. The Kier molecular flexibility index (Phi) is 3.55. The van der Waals surface area contributed by atoms with Crippen LogP contribution in [0.2, 0.25) is 0 Å². The van der Waals surface area contributed by atoms with E-state index < -0.39 is 5.60 Å². The predicted octanol–water partition coefficient (Wildman–Crippen LogP) is 2.42. The summed E-state index contributed by atoms with van der Waals surface area (Å²) in [4.78, 5) is 17.9. The van der Waals surface area contributed by atoms with Crippen molar-refractivity contribution in [2.75, 3.05) is 13.1 Å². The lowest BCUT2D eigenvalue weighted by molar-refractivity contribution is 0.0258. The van der Waals surface area contributed by atoms with Crippen molar-refractivity contribution in [3.05, 3.63) is 29.6 Å². The fourth-order valence-corrected chi connectivity index (χ4v) is 2.06. The third kappa shape index (κ3) is 3.22. The normalized spacial score (nSPS) is 15.8. The van der Waals surface area contributed by atoms with Crippen LogP contribution in [0.25, 0.3) is 0 Å². The van der Waals surface area contributed by atoms with Crippen LogP contribution in [0.4, 0.5) is 4.79 Å². The summed E-state index contributed by atoms with van der Waals surface area (Å²) < 4.78 is 5.40. The van der Waals surface area contributed by atoms with Crippen LogP contribution in [0.1, 0.15) is 31.9 Å². The molecule has 0 spiro atoms. The van der Waals surface area contributed by atoms with Crippen LogP contribution in [0.3, 0.4) is 0 Å². The first-order valence-electron chi connectivity index (χ1n) is 6.35. The Balaban J connectivity index is 2.02. The van der Waals surface area contributed by atoms with E-state index in [1.165, 1.54) is 11.1 Å². The van der Waals surface area contributed by atoms with Gasteiger partial charge in [0.25, 0.3) is 0 Å². The first kappa shape index (κ1) is 12.9. The zero-order valence-corrected chi connectivity index (χ0v) is 11.3. The van der Waals surface area contributed by atoms with E-state index in [1.807, 2.05) is 39.2 Å². The molecule has 0 saturated carbocycles. The van der Waals surface area contributed by atoms with E-state index in [9.17, 15) is 4.79 Å². The highest BCUT2D eigenvalue weighted by Gasteiger charge is 2.23. The Hall–Kier alpha value is -1.58. The fourth-order valence-electron chi connectivity index (χ4n) is 2.06. The molecule has 1 aromatic heterocycles. The second kappa shape index (κ2) is 4.96. The minimum absolute atomic E-state index is 0.219. The van der Waals surface area contributed by atoms with Crippen LogP contribution < -0.4 is 0 Å². The van der Waals surface area contributed by atoms with Crippen molar-refractivity contribution >= 4 is 6.09 Å². The van der Waals surface area contributed by atoms with Crippen molar-refractivity contribution in [3.63, 3.8) is 0 Å². The van der Waals surface area contributed by atoms with Gasteiger partial charge in [-0.3, -0.25) is 4.98 Å². The van der Waals surface area contributed by atoms with Gasteiger partial charge in [0, 0.05) is 25.5 Å². The summed E-state index contributed by atoms with van der Waals surface area (Å²) in [6.45, 7) is 7.09. The standard InChI is InChI=1S/C14H20N2O2/c1-14(2,3)18-13(17)16-8-5-11-4-7-15-10-12(11)6-9-16/h4,7,10H,5-6,8-9H2,1-3H3. The first-order valence-corrected chi connectivity index (χ1v) is 6.35. The zero-order chi connectivity index (χ0) is 13.2. The molecule has 1 aliphatic heterocycles. The van der Waals surface area contributed by atoms with Gasteiger partial charge in [0.1, 0.15) is 5.60 Å². The molecule has 98 valence electrons. The second-order valence-electron chi connectivity index (χ2n) is 5.61. The SMILES string of the molecule is CC(C)(C)OC(=O)N1CCc2ccncc2CC1. The minimum atomic E-state index is -0.433. The molecule has 0 aliphatic carbocycles. The lowest BCUT2D eigenvalue weighted by atomic mass is 10.1. The van der Waals surface area contributed by atoms with Crippen LogP contribution in [0.15, 0.2) is 18.5 Å². The molecule has 0 saturated heterocycles. The third-order valence-electron chi connectivity index (χ3n) is 2.96. The quantitative estimate of drug-likeness (QED) is 0.708. The Morgan fingerprint density at radius 2 is 1.94 bits per heavy atom. The van der Waals surface area contributed by atoms with Gasteiger partial charge in [-0.25, -0.2) is 4.79 Å². The number of pyridine rings is 1. The average molecular weight is 248 g/mol. The van der Waals surface area contributed by atoms with Gasteiger partial charge in [0.05, 0.1) is 0 Å². The molecule has 4 nitrogen and oxygen atoms in total. The first-order chi connectivity index (χ1) is 8.46. The molecule has 2 rings (SSSR count). The van der Waals surface area contributed by atoms with Crippen molar-refractivity contribution in [3.8, 4) is 0 Å². The van der Waals surface area contributed by atoms with Crippen LogP contribution in [-0.2, 0) is 17.6 Å². The summed E-state index contributed by atoms with van der Waals surface area (Å²) >= 11 is 0. The summed E-state index contributed by atoms with van der Waals surface area (Å²) in [6, 6.07) is 2.04. The number of rotatable bonds is 0. The lowest BCUT2D eigenvalue weighted by Crippen LogP contribution is -2.38. The van der Waals surface area contributed by atoms with Crippen molar-refractivity contribution < 1.29 is 9.53 Å². The van der Waals surface area contributed by atoms with Crippen molar-refractivity contribution in [2.24, 2.45) is 0 Å². The molecule has 0 atom stereocenters.